The van der Waals surface area contributed by atoms with Crippen LogP contribution >= 0.6 is 0 Å². The summed E-state index contributed by atoms with van der Waals surface area (Å²) < 4.78 is 2.12. The molecule has 1 fully saturated rings. The van der Waals surface area contributed by atoms with Gasteiger partial charge in [-0.25, -0.2) is 4.98 Å². The molecule has 0 bridgehead atoms. The first-order valence-electron chi connectivity index (χ1n) is 6.67. The van der Waals surface area contributed by atoms with Gasteiger partial charge < -0.3 is 9.98 Å². The molecule has 19 heavy (non-hydrogen) atoms. The van der Waals surface area contributed by atoms with Crippen LogP contribution in [0.15, 0.2) is 24.5 Å². The molecule has 1 aromatic carbocycles. The molecule has 0 spiro atoms. The van der Waals surface area contributed by atoms with E-state index in [4.69, 9.17) is 10.7 Å². The van der Waals surface area contributed by atoms with Gasteiger partial charge in [0.05, 0.1) is 29.0 Å². The van der Waals surface area contributed by atoms with Gasteiger partial charge in [0, 0.05) is 12.3 Å². The third-order valence-corrected chi connectivity index (χ3v) is 3.83. The Kier molecular flexibility index (Phi) is 3.04. The fraction of sp³-hybridized carbons (Fsp3) is 0.400. The smallest absolute Gasteiger partial charge is 0.0992 e. The van der Waals surface area contributed by atoms with Crippen LogP contribution in [0.25, 0.3) is 11.0 Å². The SMILES string of the molecule is N#Cc1ccc2ncn(CC3CCCC(=N)C3)c2c1. The van der Waals surface area contributed by atoms with E-state index in [1.54, 1.807) is 6.07 Å². The summed E-state index contributed by atoms with van der Waals surface area (Å²) in [6.45, 7) is 0.897. The van der Waals surface area contributed by atoms with E-state index in [0.717, 1.165) is 42.6 Å². The Hall–Kier alpha value is -2.15. The maximum absolute atomic E-state index is 8.97. The van der Waals surface area contributed by atoms with Gasteiger partial charge in [0.25, 0.3) is 0 Å². The quantitative estimate of drug-likeness (QED) is 0.892. The zero-order valence-electron chi connectivity index (χ0n) is 10.8. The standard InChI is InChI=1S/C15H16N4/c16-8-11-4-5-14-15(7-11)19(10-18-14)9-12-2-1-3-13(17)6-12/h4-5,7,10,12,17H,1-3,6,9H2. The van der Waals surface area contributed by atoms with E-state index in [1.807, 2.05) is 18.5 Å². The number of rotatable bonds is 2. The summed E-state index contributed by atoms with van der Waals surface area (Å²) in [6, 6.07) is 7.77. The highest BCUT2D eigenvalue weighted by molar-refractivity contribution is 5.82. The number of fused-ring (bicyclic) bond motifs is 1. The zero-order valence-corrected chi connectivity index (χ0v) is 10.8. The van der Waals surface area contributed by atoms with Crippen molar-refractivity contribution >= 4 is 16.7 Å². The summed E-state index contributed by atoms with van der Waals surface area (Å²) >= 11 is 0. The highest BCUT2D eigenvalue weighted by Crippen LogP contribution is 2.25. The van der Waals surface area contributed by atoms with E-state index in [1.165, 1.54) is 6.42 Å². The number of imidazole rings is 1. The molecule has 1 aromatic heterocycles. The summed E-state index contributed by atoms with van der Waals surface area (Å²) in [5, 5.41) is 16.8. The number of nitrogens with zero attached hydrogens (tertiary/aromatic N) is 3. The number of benzene rings is 1. The molecule has 1 atom stereocenters. The topological polar surface area (TPSA) is 65.5 Å². The number of nitrogens with one attached hydrogen (secondary N) is 1. The van der Waals surface area contributed by atoms with Crippen LogP contribution in [0.2, 0.25) is 0 Å². The van der Waals surface area contributed by atoms with Crippen molar-refractivity contribution in [3.05, 3.63) is 30.1 Å². The van der Waals surface area contributed by atoms with Gasteiger partial charge in [-0.3, -0.25) is 0 Å². The summed E-state index contributed by atoms with van der Waals surface area (Å²) in [4.78, 5) is 4.38. The van der Waals surface area contributed by atoms with E-state index in [0.29, 0.717) is 11.5 Å². The third kappa shape index (κ3) is 2.37. The average molecular weight is 252 g/mol. The summed E-state index contributed by atoms with van der Waals surface area (Å²) in [5.41, 5.74) is 3.50. The van der Waals surface area contributed by atoms with Gasteiger partial charge >= 0.3 is 0 Å². The Morgan fingerprint density at radius 1 is 1.47 bits per heavy atom. The summed E-state index contributed by atoms with van der Waals surface area (Å²) in [6.07, 6.45) is 6.01. The van der Waals surface area contributed by atoms with Gasteiger partial charge in [-0.15, -0.1) is 0 Å². The first kappa shape index (κ1) is 11.9. The maximum Gasteiger partial charge on any atom is 0.0992 e. The lowest BCUT2D eigenvalue weighted by atomic mass is 9.88. The van der Waals surface area contributed by atoms with E-state index in [2.05, 4.69) is 15.6 Å². The predicted molar refractivity (Wildman–Crippen MR) is 74.1 cm³/mol. The lowest BCUT2D eigenvalue weighted by molar-refractivity contribution is 0.402. The Morgan fingerprint density at radius 3 is 3.16 bits per heavy atom. The number of nitriles is 1. The van der Waals surface area contributed by atoms with Gasteiger partial charge in [-0.2, -0.15) is 5.26 Å². The molecule has 1 unspecified atom stereocenters. The van der Waals surface area contributed by atoms with E-state index in [-0.39, 0.29) is 0 Å². The molecule has 4 heteroatoms. The molecule has 1 saturated carbocycles. The van der Waals surface area contributed by atoms with Crippen LogP contribution in [0.5, 0.6) is 0 Å². The molecule has 0 saturated heterocycles. The first-order valence-corrected chi connectivity index (χ1v) is 6.67. The first-order chi connectivity index (χ1) is 9.26. The molecule has 0 amide bonds. The van der Waals surface area contributed by atoms with Crippen LogP contribution in [0, 0.1) is 22.7 Å². The fourth-order valence-corrected chi connectivity index (χ4v) is 2.86. The molecular weight excluding hydrogens is 236 g/mol. The van der Waals surface area contributed by atoms with Gasteiger partial charge in [-0.05, 0) is 49.8 Å². The lowest BCUT2D eigenvalue weighted by Crippen LogP contribution is -2.19. The van der Waals surface area contributed by atoms with Crippen molar-refractivity contribution in [2.75, 3.05) is 0 Å². The molecular formula is C15H16N4. The molecule has 4 nitrogen and oxygen atoms in total. The van der Waals surface area contributed by atoms with Crippen LogP contribution in [0.1, 0.15) is 31.2 Å². The van der Waals surface area contributed by atoms with Crippen molar-refractivity contribution in [1.82, 2.24) is 9.55 Å². The Balaban J connectivity index is 1.88. The van der Waals surface area contributed by atoms with Crippen LogP contribution in [-0.4, -0.2) is 15.3 Å². The summed E-state index contributed by atoms with van der Waals surface area (Å²) in [5.74, 6) is 0.532. The minimum atomic E-state index is 0.532. The molecule has 3 rings (SSSR count). The predicted octanol–water partition coefficient (Wildman–Crippen LogP) is 3.12. The number of aromatic nitrogens is 2. The van der Waals surface area contributed by atoms with E-state index < -0.39 is 0 Å². The number of hydrogen-bond donors (Lipinski definition) is 1. The Labute approximate surface area is 112 Å². The van der Waals surface area contributed by atoms with Crippen molar-refractivity contribution in [3.63, 3.8) is 0 Å². The van der Waals surface area contributed by atoms with Crippen LogP contribution in [-0.2, 0) is 6.54 Å². The zero-order chi connectivity index (χ0) is 13.2. The highest BCUT2D eigenvalue weighted by Gasteiger charge is 2.18. The Bertz CT molecular complexity index is 662. The summed E-state index contributed by atoms with van der Waals surface area (Å²) in [7, 11) is 0. The molecule has 0 aliphatic heterocycles. The second-order valence-corrected chi connectivity index (χ2v) is 5.28. The normalized spacial score (nSPS) is 19.5. The van der Waals surface area contributed by atoms with Crippen molar-refractivity contribution < 1.29 is 0 Å². The molecule has 96 valence electrons. The molecule has 0 radical (unpaired) electrons. The largest absolute Gasteiger partial charge is 0.330 e. The van der Waals surface area contributed by atoms with Crippen LogP contribution < -0.4 is 0 Å². The van der Waals surface area contributed by atoms with Crippen LogP contribution in [0.3, 0.4) is 0 Å². The molecule has 1 aliphatic rings. The van der Waals surface area contributed by atoms with Crippen molar-refractivity contribution in [1.29, 1.82) is 10.7 Å². The minimum absolute atomic E-state index is 0.532. The molecule has 1 aliphatic carbocycles. The fourth-order valence-electron chi connectivity index (χ4n) is 2.86. The third-order valence-electron chi connectivity index (χ3n) is 3.83. The van der Waals surface area contributed by atoms with Crippen molar-refractivity contribution in [3.8, 4) is 6.07 Å². The average Bonchev–Trinajstić information content (AvgIpc) is 2.81. The lowest BCUT2D eigenvalue weighted by Gasteiger charge is -2.22. The monoisotopic (exact) mass is 252 g/mol. The Morgan fingerprint density at radius 2 is 2.37 bits per heavy atom. The minimum Gasteiger partial charge on any atom is -0.330 e. The van der Waals surface area contributed by atoms with Gasteiger partial charge in [0.2, 0.25) is 0 Å². The molecule has 2 aromatic rings. The van der Waals surface area contributed by atoms with Gasteiger partial charge in [0.15, 0.2) is 0 Å². The van der Waals surface area contributed by atoms with Gasteiger partial charge in [0.1, 0.15) is 0 Å². The molecule has 1 heterocycles. The van der Waals surface area contributed by atoms with E-state index >= 15 is 0 Å². The van der Waals surface area contributed by atoms with Gasteiger partial charge in [-0.1, -0.05) is 0 Å². The van der Waals surface area contributed by atoms with Crippen molar-refractivity contribution in [2.24, 2.45) is 5.92 Å². The number of hydrogen-bond acceptors (Lipinski definition) is 3. The molecule has 1 N–H and O–H groups in total. The van der Waals surface area contributed by atoms with Crippen LogP contribution in [0.4, 0.5) is 0 Å². The maximum atomic E-state index is 8.97. The van der Waals surface area contributed by atoms with Crippen molar-refractivity contribution in [2.45, 2.75) is 32.2 Å². The van der Waals surface area contributed by atoms with E-state index in [9.17, 15) is 0 Å². The second-order valence-electron chi connectivity index (χ2n) is 5.28. The second kappa shape index (κ2) is 4.85. The highest BCUT2D eigenvalue weighted by atomic mass is 15.0.